The average Bonchev–Trinajstić information content (AvgIpc) is 2.97. The zero-order valence-electron chi connectivity index (χ0n) is 17.3. The van der Waals surface area contributed by atoms with Gasteiger partial charge in [0, 0.05) is 30.0 Å². The van der Waals surface area contributed by atoms with E-state index in [-0.39, 0.29) is 10.6 Å². The second-order valence-corrected chi connectivity index (χ2v) is 8.84. The molecule has 1 atom stereocenters. The maximum absolute atomic E-state index is 11.0. The Bertz CT molecular complexity index is 669. The summed E-state index contributed by atoms with van der Waals surface area (Å²) in [6.45, 7) is 11.0. The van der Waals surface area contributed by atoms with Crippen molar-refractivity contribution < 1.29 is 4.92 Å². The molecule has 0 N–H and O–H groups in total. The number of hydrogen-bond acceptors (Lipinski definition) is 4. The van der Waals surface area contributed by atoms with Crippen LogP contribution in [0.25, 0.3) is 0 Å². The minimum Gasteiger partial charge on any atom is -0.344 e. The second-order valence-electron chi connectivity index (χ2n) is 7.86. The van der Waals surface area contributed by atoms with Crippen molar-refractivity contribution in [2.75, 3.05) is 5.75 Å². The monoisotopic (exact) mass is 391 g/mol. The van der Waals surface area contributed by atoms with Gasteiger partial charge in [-0.3, -0.25) is 10.1 Å². The van der Waals surface area contributed by atoms with Gasteiger partial charge in [-0.05, 0) is 43.7 Å². The Hall–Kier alpha value is -1.56. The van der Waals surface area contributed by atoms with Gasteiger partial charge in [0.2, 0.25) is 0 Å². The molecule has 5 nitrogen and oxygen atoms in total. The van der Waals surface area contributed by atoms with E-state index in [1.54, 1.807) is 18.2 Å². The quantitative estimate of drug-likeness (QED) is 0.365. The summed E-state index contributed by atoms with van der Waals surface area (Å²) in [5.41, 5.74) is 1.82. The molecule has 1 aromatic carbocycles. The molecule has 1 aliphatic rings. The Morgan fingerprint density at radius 3 is 2.48 bits per heavy atom. The highest BCUT2D eigenvalue weighted by molar-refractivity contribution is 8.14. The topological polar surface area (TPSA) is 58.7 Å². The van der Waals surface area contributed by atoms with Crippen LogP contribution in [0.3, 0.4) is 0 Å². The predicted molar refractivity (Wildman–Crippen MR) is 116 cm³/mol. The number of hydrogen-bond donors (Lipinski definition) is 0. The van der Waals surface area contributed by atoms with Crippen molar-refractivity contribution >= 4 is 28.3 Å². The van der Waals surface area contributed by atoms with E-state index < -0.39 is 0 Å². The predicted octanol–water partition coefficient (Wildman–Crippen LogP) is 6.32. The van der Waals surface area contributed by atoms with E-state index in [9.17, 15) is 10.1 Å². The molecule has 0 aliphatic carbocycles. The van der Waals surface area contributed by atoms with Crippen molar-refractivity contribution in [3.05, 3.63) is 33.9 Å². The molecule has 0 aromatic heterocycles. The van der Waals surface area contributed by atoms with Gasteiger partial charge in [0.15, 0.2) is 5.17 Å². The van der Waals surface area contributed by atoms with E-state index in [0.717, 1.165) is 22.2 Å². The molecule has 1 heterocycles. The molecule has 0 amide bonds. The summed E-state index contributed by atoms with van der Waals surface area (Å²) in [7, 11) is 0. The summed E-state index contributed by atoms with van der Waals surface area (Å²) in [6.07, 6.45) is 5.88. The molecular formula is C21H33N3O2S. The van der Waals surface area contributed by atoms with E-state index in [1.165, 1.54) is 32.1 Å². The summed E-state index contributed by atoms with van der Waals surface area (Å²) in [4.78, 5) is 18.2. The van der Waals surface area contributed by atoms with Gasteiger partial charge in [-0.15, -0.1) is 0 Å². The standard InChI is InChI=1S/C21H33N3O2S/c1-6-8-17(9-7-2)23-19(12-15(3)4)14-27-21(23)22-20-11-10-18(24(25)26)13-16(20)5/h10-11,13,15,17,19H,6-9,12,14H2,1-5H3. The van der Waals surface area contributed by atoms with Gasteiger partial charge in [-0.2, -0.15) is 0 Å². The molecule has 6 heteroatoms. The molecule has 1 saturated heterocycles. The number of nitro groups is 1. The van der Waals surface area contributed by atoms with Crippen molar-refractivity contribution in [2.45, 2.75) is 78.8 Å². The van der Waals surface area contributed by atoms with Gasteiger partial charge in [0.1, 0.15) is 0 Å². The molecule has 1 unspecified atom stereocenters. The van der Waals surface area contributed by atoms with Crippen LogP contribution in [-0.2, 0) is 0 Å². The first-order chi connectivity index (χ1) is 12.9. The van der Waals surface area contributed by atoms with Crippen LogP contribution >= 0.6 is 11.8 Å². The lowest BCUT2D eigenvalue weighted by atomic mass is 9.99. The minimum absolute atomic E-state index is 0.125. The van der Waals surface area contributed by atoms with E-state index in [4.69, 9.17) is 4.99 Å². The zero-order chi connectivity index (χ0) is 20.0. The van der Waals surface area contributed by atoms with Gasteiger partial charge >= 0.3 is 0 Å². The van der Waals surface area contributed by atoms with Crippen LogP contribution in [0.15, 0.2) is 23.2 Å². The molecule has 1 aliphatic heterocycles. The Kier molecular flexibility index (Phi) is 8.14. The SMILES string of the molecule is CCCC(CCC)N1C(=Nc2ccc([N+](=O)[O-])cc2C)SCC1CC(C)C. The number of amidine groups is 1. The van der Waals surface area contributed by atoms with Crippen LogP contribution in [-0.4, -0.2) is 32.8 Å². The van der Waals surface area contributed by atoms with Crippen LogP contribution < -0.4 is 0 Å². The van der Waals surface area contributed by atoms with Crippen molar-refractivity contribution in [3.63, 3.8) is 0 Å². The average molecular weight is 392 g/mol. The largest absolute Gasteiger partial charge is 0.344 e. The summed E-state index contributed by atoms with van der Waals surface area (Å²) in [6, 6.07) is 6.00. The molecule has 0 spiro atoms. The highest BCUT2D eigenvalue weighted by Gasteiger charge is 2.35. The zero-order valence-corrected chi connectivity index (χ0v) is 18.1. The second kappa shape index (κ2) is 10.1. The molecule has 0 radical (unpaired) electrons. The highest BCUT2D eigenvalue weighted by atomic mass is 32.2. The van der Waals surface area contributed by atoms with Crippen LogP contribution in [0.5, 0.6) is 0 Å². The number of nitrogens with zero attached hydrogens (tertiary/aromatic N) is 3. The van der Waals surface area contributed by atoms with E-state index >= 15 is 0 Å². The maximum atomic E-state index is 11.0. The Morgan fingerprint density at radius 1 is 1.30 bits per heavy atom. The Labute approximate surface area is 167 Å². The fourth-order valence-electron chi connectivity index (χ4n) is 3.82. The minimum atomic E-state index is -0.349. The number of aryl methyl sites for hydroxylation is 1. The molecule has 27 heavy (non-hydrogen) atoms. The lowest BCUT2D eigenvalue weighted by molar-refractivity contribution is -0.384. The number of benzene rings is 1. The van der Waals surface area contributed by atoms with Crippen molar-refractivity contribution in [2.24, 2.45) is 10.9 Å². The van der Waals surface area contributed by atoms with Crippen molar-refractivity contribution in [3.8, 4) is 0 Å². The smallest absolute Gasteiger partial charge is 0.269 e. The fourth-order valence-corrected chi connectivity index (χ4v) is 5.07. The van der Waals surface area contributed by atoms with Crippen molar-refractivity contribution in [1.29, 1.82) is 0 Å². The van der Waals surface area contributed by atoms with E-state index in [1.807, 2.05) is 18.7 Å². The van der Waals surface area contributed by atoms with Crippen LogP contribution in [0.1, 0.15) is 65.4 Å². The third-order valence-electron chi connectivity index (χ3n) is 5.01. The van der Waals surface area contributed by atoms with E-state index in [0.29, 0.717) is 18.0 Å². The first-order valence-electron chi connectivity index (χ1n) is 10.1. The van der Waals surface area contributed by atoms with Crippen LogP contribution in [0, 0.1) is 23.0 Å². The van der Waals surface area contributed by atoms with Gasteiger partial charge < -0.3 is 4.90 Å². The fraction of sp³-hybridized carbons (Fsp3) is 0.667. The van der Waals surface area contributed by atoms with Gasteiger partial charge in [0.05, 0.1) is 10.6 Å². The van der Waals surface area contributed by atoms with E-state index in [2.05, 4.69) is 32.6 Å². The molecule has 2 rings (SSSR count). The summed E-state index contributed by atoms with van der Waals surface area (Å²) in [5.74, 6) is 1.73. The van der Waals surface area contributed by atoms with Crippen molar-refractivity contribution in [1.82, 2.24) is 4.90 Å². The normalized spacial score (nSPS) is 18.9. The van der Waals surface area contributed by atoms with Gasteiger partial charge in [0.25, 0.3) is 5.69 Å². The lowest BCUT2D eigenvalue weighted by Crippen LogP contribution is -2.43. The Balaban J connectivity index is 2.36. The third kappa shape index (κ3) is 5.71. The number of rotatable bonds is 9. The highest BCUT2D eigenvalue weighted by Crippen LogP contribution is 2.35. The molecule has 1 fully saturated rings. The van der Waals surface area contributed by atoms with Gasteiger partial charge in [-0.25, -0.2) is 4.99 Å². The number of aliphatic imine (C=N–C) groups is 1. The number of thioether (sulfide) groups is 1. The lowest BCUT2D eigenvalue weighted by Gasteiger charge is -2.35. The molecule has 0 bridgehead atoms. The number of nitro benzene ring substituents is 1. The molecule has 1 aromatic rings. The van der Waals surface area contributed by atoms with Gasteiger partial charge in [-0.1, -0.05) is 52.3 Å². The number of non-ortho nitro benzene ring substituents is 1. The van der Waals surface area contributed by atoms with Crippen LogP contribution in [0.4, 0.5) is 11.4 Å². The molecular weight excluding hydrogens is 358 g/mol. The summed E-state index contributed by atoms with van der Waals surface area (Å²) >= 11 is 1.84. The summed E-state index contributed by atoms with van der Waals surface area (Å²) < 4.78 is 0. The van der Waals surface area contributed by atoms with Crippen LogP contribution in [0.2, 0.25) is 0 Å². The molecule has 0 saturated carbocycles. The third-order valence-corrected chi connectivity index (χ3v) is 6.12. The first-order valence-corrected chi connectivity index (χ1v) is 11.1. The molecule has 150 valence electrons. The Morgan fingerprint density at radius 2 is 1.96 bits per heavy atom. The first kappa shape index (κ1) is 21.7. The summed E-state index contributed by atoms with van der Waals surface area (Å²) in [5, 5.41) is 12.1. The maximum Gasteiger partial charge on any atom is 0.269 e.